The average Bonchev–Trinajstić information content (AvgIpc) is 3.00. The lowest BCUT2D eigenvalue weighted by atomic mass is 10.0. The molecule has 3 nitrogen and oxygen atoms in total. The Morgan fingerprint density at radius 3 is 2.89 bits per heavy atom. The topological polar surface area (TPSA) is 43.8 Å². The highest BCUT2D eigenvalue weighted by atomic mass is 19.1. The number of rotatable bonds is 4. The molecule has 2 aromatic rings. The molecule has 0 radical (unpaired) electrons. The Kier molecular flexibility index (Phi) is 2.54. The van der Waals surface area contributed by atoms with Crippen LogP contribution in [-0.2, 0) is 6.54 Å². The molecule has 1 saturated carbocycles. The van der Waals surface area contributed by atoms with E-state index in [-0.39, 0.29) is 5.82 Å². The van der Waals surface area contributed by atoms with Gasteiger partial charge in [0.2, 0.25) is 5.95 Å². The normalized spacial score (nSPS) is 17.2. The van der Waals surface area contributed by atoms with Crippen LogP contribution in [0.15, 0.2) is 18.2 Å². The number of aromatic nitrogens is 2. The molecule has 18 heavy (non-hydrogen) atoms. The second kappa shape index (κ2) is 3.97. The summed E-state index contributed by atoms with van der Waals surface area (Å²) in [6.45, 7) is 3.12. The first kappa shape index (κ1) is 11.5. The molecule has 3 rings (SSSR count). The van der Waals surface area contributed by atoms with Gasteiger partial charge in [0.1, 0.15) is 5.82 Å². The van der Waals surface area contributed by atoms with Gasteiger partial charge in [0, 0.05) is 12.6 Å². The quantitative estimate of drug-likeness (QED) is 0.900. The van der Waals surface area contributed by atoms with Gasteiger partial charge in [-0.15, -0.1) is 0 Å². The maximum atomic E-state index is 13.2. The molecule has 0 spiro atoms. The van der Waals surface area contributed by atoms with E-state index in [9.17, 15) is 4.39 Å². The van der Waals surface area contributed by atoms with Crippen molar-refractivity contribution in [3.05, 3.63) is 24.0 Å². The van der Waals surface area contributed by atoms with Crippen molar-refractivity contribution in [1.29, 1.82) is 0 Å². The van der Waals surface area contributed by atoms with E-state index in [4.69, 9.17) is 5.73 Å². The Morgan fingerprint density at radius 2 is 2.22 bits per heavy atom. The number of nitrogens with zero attached hydrogens (tertiary/aromatic N) is 2. The van der Waals surface area contributed by atoms with Crippen molar-refractivity contribution in [2.75, 3.05) is 5.73 Å². The maximum absolute atomic E-state index is 13.2. The second-order valence-electron chi connectivity index (χ2n) is 5.44. The summed E-state index contributed by atoms with van der Waals surface area (Å²) in [5.74, 6) is 0.236. The van der Waals surface area contributed by atoms with Crippen LogP contribution in [0.5, 0.6) is 0 Å². The first-order chi connectivity index (χ1) is 8.63. The molecular formula is C14H18FN3. The fraction of sp³-hybridized carbons (Fsp3) is 0.500. The van der Waals surface area contributed by atoms with Crippen LogP contribution in [0.25, 0.3) is 11.0 Å². The molecular weight excluding hydrogens is 229 g/mol. The summed E-state index contributed by atoms with van der Waals surface area (Å²) < 4.78 is 15.2. The molecule has 0 bridgehead atoms. The molecule has 0 saturated heterocycles. The Labute approximate surface area is 106 Å². The lowest BCUT2D eigenvalue weighted by molar-refractivity contribution is 0.396. The van der Waals surface area contributed by atoms with E-state index in [0.29, 0.717) is 16.9 Å². The largest absolute Gasteiger partial charge is 0.369 e. The minimum absolute atomic E-state index is 0.262. The number of anilines is 1. The monoisotopic (exact) mass is 247 g/mol. The van der Waals surface area contributed by atoms with Crippen LogP contribution < -0.4 is 5.73 Å². The van der Waals surface area contributed by atoms with Crippen molar-refractivity contribution in [3.63, 3.8) is 0 Å². The van der Waals surface area contributed by atoms with Crippen LogP contribution >= 0.6 is 0 Å². The minimum Gasteiger partial charge on any atom is -0.369 e. The van der Waals surface area contributed by atoms with Crippen molar-refractivity contribution in [2.24, 2.45) is 5.41 Å². The third-order valence-electron chi connectivity index (χ3n) is 3.97. The zero-order valence-electron chi connectivity index (χ0n) is 10.6. The van der Waals surface area contributed by atoms with Crippen LogP contribution in [0.3, 0.4) is 0 Å². The summed E-state index contributed by atoms with van der Waals surface area (Å²) in [4.78, 5) is 4.25. The molecule has 1 aliphatic rings. The number of halogens is 1. The Hall–Kier alpha value is -1.58. The number of nitrogen functional groups attached to an aromatic ring is 1. The lowest BCUT2D eigenvalue weighted by Gasteiger charge is -2.16. The Bertz CT molecular complexity index is 584. The summed E-state index contributed by atoms with van der Waals surface area (Å²) in [5, 5.41) is 0. The molecule has 0 aliphatic heterocycles. The molecule has 1 fully saturated rings. The summed E-state index contributed by atoms with van der Waals surface area (Å²) in [7, 11) is 0. The number of hydrogen-bond acceptors (Lipinski definition) is 2. The van der Waals surface area contributed by atoms with Crippen LogP contribution in [0, 0.1) is 11.2 Å². The number of hydrogen-bond donors (Lipinski definition) is 1. The Morgan fingerprint density at radius 1 is 1.44 bits per heavy atom. The van der Waals surface area contributed by atoms with Gasteiger partial charge in [-0.1, -0.05) is 13.3 Å². The highest BCUT2D eigenvalue weighted by Crippen LogP contribution is 2.51. The molecule has 0 atom stereocenters. The highest BCUT2D eigenvalue weighted by Gasteiger charge is 2.42. The van der Waals surface area contributed by atoms with Crippen molar-refractivity contribution in [2.45, 2.75) is 39.2 Å². The van der Waals surface area contributed by atoms with Crippen LogP contribution in [0.4, 0.5) is 10.3 Å². The van der Waals surface area contributed by atoms with E-state index in [1.165, 1.54) is 37.8 Å². The average molecular weight is 247 g/mol. The van der Waals surface area contributed by atoms with Gasteiger partial charge in [-0.05, 0) is 36.8 Å². The van der Waals surface area contributed by atoms with E-state index < -0.39 is 0 Å². The van der Waals surface area contributed by atoms with Crippen LogP contribution in [0.2, 0.25) is 0 Å². The third kappa shape index (κ3) is 1.85. The van der Waals surface area contributed by atoms with Crippen LogP contribution in [0.1, 0.15) is 32.6 Å². The molecule has 0 amide bonds. The maximum Gasteiger partial charge on any atom is 0.201 e. The van der Waals surface area contributed by atoms with E-state index in [1.807, 2.05) is 4.57 Å². The van der Waals surface area contributed by atoms with Crippen LogP contribution in [-0.4, -0.2) is 9.55 Å². The van der Waals surface area contributed by atoms with Gasteiger partial charge in [-0.25, -0.2) is 9.37 Å². The minimum atomic E-state index is -0.262. The predicted molar refractivity (Wildman–Crippen MR) is 70.7 cm³/mol. The molecule has 1 aliphatic carbocycles. The van der Waals surface area contributed by atoms with Gasteiger partial charge in [0.15, 0.2) is 0 Å². The van der Waals surface area contributed by atoms with Gasteiger partial charge < -0.3 is 10.3 Å². The molecule has 1 aromatic carbocycles. The van der Waals surface area contributed by atoms with Gasteiger partial charge in [-0.3, -0.25) is 0 Å². The zero-order chi connectivity index (χ0) is 12.8. The van der Waals surface area contributed by atoms with Gasteiger partial charge in [0.05, 0.1) is 11.0 Å². The molecule has 4 heteroatoms. The molecule has 1 aromatic heterocycles. The van der Waals surface area contributed by atoms with E-state index in [2.05, 4.69) is 11.9 Å². The van der Waals surface area contributed by atoms with Gasteiger partial charge in [0.25, 0.3) is 0 Å². The SMILES string of the molecule is CCCC1(Cn2c(N)nc3cc(F)ccc32)CC1. The fourth-order valence-corrected chi connectivity index (χ4v) is 2.82. The van der Waals surface area contributed by atoms with Gasteiger partial charge in [-0.2, -0.15) is 0 Å². The first-order valence-electron chi connectivity index (χ1n) is 6.55. The van der Waals surface area contributed by atoms with E-state index in [0.717, 1.165) is 12.1 Å². The Balaban J connectivity index is 1.99. The summed E-state index contributed by atoms with van der Waals surface area (Å²) in [6.07, 6.45) is 4.96. The molecule has 2 N–H and O–H groups in total. The van der Waals surface area contributed by atoms with Gasteiger partial charge >= 0.3 is 0 Å². The van der Waals surface area contributed by atoms with Crippen molar-refractivity contribution >= 4 is 17.0 Å². The number of fused-ring (bicyclic) bond motifs is 1. The first-order valence-corrected chi connectivity index (χ1v) is 6.55. The fourth-order valence-electron chi connectivity index (χ4n) is 2.82. The van der Waals surface area contributed by atoms with E-state index in [1.54, 1.807) is 6.07 Å². The summed E-state index contributed by atoms with van der Waals surface area (Å²) in [6, 6.07) is 4.69. The lowest BCUT2D eigenvalue weighted by Crippen LogP contribution is -2.13. The van der Waals surface area contributed by atoms with E-state index >= 15 is 0 Å². The summed E-state index contributed by atoms with van der Waals surface area (Å²) >= 11 is 0. The van der Waals surface area contributed by atoms with Crippen molar-refractivity contribution < 1.29 is 4.39 Å². The predicted octanol–water partition coefficient (Wildman–Crippen LogP) is 3.34. The summed E-state index contributed by atoms with van der Waals surface area (Å²) in [5.41, 5.74) is 7.97. The smallest absolute Gasteiger partial charge is 0.201 e. The standard InChI is InChI=1S/C14H18FN3/c1-2-5-14(6-7-14)9-18-12-4-3-10(15)8-11(12)17-13(18)16/h3-4,8H,2,5-7,9H2,1H3,(H2,16,17). The number of imidazole rings is 1. The number of nitrogens with two attached hydrogens (primary N) is 1. The third-order valence-corrected chi connectivity index (χ3v) is 3.97. The molecule has 0 unspecified atom stereocenters. The molecule has 96 valence electrons. The zero-order valence-corrected chi connectivity index (χ0v) is 10.6. The van der Waals surface area contributed by atoms with Crippen molar-refractivity contribution in [1.82, 2.24) is 9.55 Å². The molecule has 1 heterocycles. The number of benzene rings is 1. The second-order valence-corrected chi connectivity index (χ2v) is 5.44. The highest BCUT2D eigenvalue weighted by molar-refractivity contribution is 5.78. The van der Waals surface area contributed by atoms with Crippen molar-refractivity contribution in [3.8, 4) is 0 Å².